The quantitative estimate of drug-likeness (QED) is 0.469. The first-order valence-electron chi connectivity index (χ1n) is 3.74. The summed E-state index contributed by atoms with van der Waals surface area (Å²) in [6, 6.07) is 0.387. The van der Waals surface area contributed by atoms with Crippen LogP contribution in [0.25, 0.3) is 0 Å². The Hall–Kier alpha value is -1.05. The lowest BCUT2D eigenvalue weighted by atomic mass is 10.2. The average Bonchev–Trinajstić information content (AvgIpc) is 1.98. The number of allylic oxidation sites excluding steroid dienone is 2. The van der Waals surface area contributed by atoms with E-state index in [-0.39, 0.29) is 0 Å². The maximum Gasteiger partial charge on any atom is 0.0381 e. The highest BCUT2D eigenvalue weighted by atomic mass is 14.9. The Balaban J connectivity index is 4.19. The fourth-order valence-corrected chi connectivity index (χ4v) is 0.750. The third-order valence-corrected chi connectivity index (χ3v) is 1.25. The van der Waals surface area contributed by atoms with Crippen LogP contribution in [0.5, 0.6) is 0 Å². The van der Waals surface area contributed by atoms with Crippen molar-refractivity contribution in [2.75, 3.05) is 0 Å². The van der Waals surface area contributed by atoms with E-state index in [2.05, 4.69) is 25.7 Å². The van der Waals surface area contributed by atoms with Gasteiger partial charge in [-0.25, -0.2) is 0 Å². The second-order valence-corrected chi connectivity index (χ2v) is 2.67. The highest BCUT2D eigenvalue weighted by Crippen LogP contribution is 2.01. The number of hydrogen-bond donors (Lipinski definition) is 2. The monoisotopic (exact) mass is 152 g/mol. The number of rotatable bonds is 4. The van der Waals surface area contributed by atoms with E-state index < -0.39 is 0 Å². The van der Waals surface area contributed by atoms with E-state index in [0.717, 1.165) is 11.3 Å². The van der Waals surface area contributed by atoms with E-state index >= 15 is 0 Å². The van der Waals surface area contributed by atoms with Gasteiger partial charge in [0.05, 0.1) is 0 Å². The van der Waals surface area contributed by atoms with Crippen LogP contribution in [0.15, 0.2) is 23.9 Å². The van der Waals surface area contributed by atoms with E-state index in [9.17, 15) is 0 Å². The van der Waals surface area contributed by atoms with Gasteiger partial charge in [0.15, 0.2) is 0 Å². The molecule has 0 aliphatic rings. The molecule has 62 valence electrons. The molecule has 0 aliphatic carbocycles. The number of hydrogen-bond acceptors (Lipinski definition) is 2. The lowest BCUT2D eigenvalue weighted by Gasteiger charge is -2.13. The molecule has 0 rings (SSSR count). The van der Waals surface area contributed by atoms with Crippen molar-refractivity contribution in [3.8, 4) is 0 Å². The molecule has 0 unspecified atom stereocenters. The summed E-state index contributed by atoms with van der Waals surface area (Å²) in [5, 5.41) is 10.2. The topological polar surface area (TPSA) is 35.9 Å². The Bertz CT molecular complexity index is 178. The van der Waals surface area contributed by atoms with Gasteiger partial charge < -0.3 is 10.7 Å². The van der Waals surface area contributed by atoms with Crippen molar-refractivity contribution in [1.82, 2.24) is 5.32 Å². The van der Waals surface area contributed by atoms with Gasteiger partial charge in [0.25, 0.3) is 0 Å². The molecule has 0 radical (unpaired) electrons. The molecule has 2 N–H and O–H groups in total. The molecule has 0 fully saturated rings. The molecule has 2 heteroatoms. The molecule has 2 nitrogen and oxygen atoms in total. The van der Waals surface area contributed by atoms with E-state index in [1.165, 1.54) is 6.21 Å². The molecule has 0 saturated heterocycles. The van der Waals surface area contributed by atoms with Crippen molar-refractivity contribution in [3.05, 3.63) is 23.9 Å². The van der Waals surface area contributed by atoms with Crippen LogP contribution < -0.4 is 5.32 Å². The zero-order chi connectivity index (χ0) is 8.85. The summed E-state index contributed by atoms with van der Waals surface area (Å²) >= 11 is 0. The van der Waals surface area contributed by atoms with Gasteiger partial charge in [-0.3, -0.25) is 0 Å². The van der Waals surface area contributed by atoms with Gasteiger partial charge in [-0.2, -0.15) is 0 Å². The molecule has 0 amide bonds. The maximum atomic E-state index is 6.98. The van der Waals surface area contributed by atoms with E-state index in [1.54, 1.807) is 0 Å². The molecule has 0 aliphatic heterocycles. The summed E-state index contributed by atoms with van der Waals surface area (Å²) in [5.74, 6) is 0. The van der Waals surface area contributed by atoms with Gasteiger partial charge in [-0.15, -0.1) is 0 Å². The fourth-order valence-electron chi connectivity index (χ4n) is 0.750. The molecule has 11 heavy (non-hydrogen) atoms. The Labute approximate surface area is 68.5 Å². The number of nitrogens with one attached hydrogen (secondary N) is 2. The van der Waals surface area contributed by atoms with Crippen LogP contribution in [0.3, 0.4) is 0 Å². The van der Waals surface area contributed by atoms with Crippen molar-refractivity contribution in [3.63, 3.8) is 0 Å². The molecule has 0 spiro atoms. The fraction of sp³-hybridized carbons (Fsp3) is 0.444. The predicted molar refractivity (Wildman–Crippen MR) is 50.0 cm³/mol. The predicted octanol–water partition coefficient (Wildman–Crippen LogP) is 2.09. The first-order valence-corrected chi connectivity index (χ1v) is 3.74. The van der Waals surface area contributed by atoms with Crippen LogP contribution in [0.1, 0.15) is 20.8 Å². The summed E-state index contributed by atoms with van der Waals surface area (Å²) in [7, 11) is 0. The standard InChI is InChI=1S/C9H16N2/c1-5-9(8(4)6-10)11-7(2)3/h5-7,10-11H,4H2,1-3H3/b9-5+,10-6?. The van der Waals surface area contributed by atoms with Crippen LogP contribution in [0.4, 0.5) is 0 Å². The average molecular weight is 152 g/mol. The SMILES string of the molecule is C=C(C=N)/C(=C\C)NC(C)C. The van der Waals surface area contributed by atoms with Gasteiger partial charge in [0.1, 0.15) is 0 Å². The van der Waals surface area contributed by atoms with Crippen LogP contribution in [0, 0.1) is 5.41 Å². The van der Waals surface area contributed by atoms with Crippen LogP contribution in [-0.4, -0.2) is 12.3 Å². The zero-order valence-electron chi connectivity index (χ0n) is 7.44. The van der Waals surface area contributed by atoms with Crippen LogP contribution in [-0.2, 0) is 0 Å². The summed E-state index contributed by atoms with van der Waals surface area (Å²) < 4.78 is 0. The molecule has 0 bridgehead atoms. The third-order valence-electron chi connectivity index (χ3n) is 1.25. The van der Waals surface area contributed by atoms with E-state index in [0.29, 0.717) is 6.04 Å². The minimum absolute atomic E-state index is 0.387. The third kappa shape index (κ3) is 3.61. The minimum Gasteiger partial charge on any atom is -0.383 e. The summed E-state index contributed by atoms with van der Waals surface area (Å²) in [5.41, 5.74) is 1.66. The summed E-state index contributed by atoms with van der Waals surface area (Å²) in [6.45, 7) is 9.77. The smallest absolute Gasteiger partial charge is 0.0381 e. The first kappa shape index (κ1) is 9.95. The normalized spacial score (nSPS) is 11.5. The van der Waals surface area contributed by atoms with Gasteiger partial charge in [0, 0.05) is 23.5 Å². The van der Waals surface area contributed by atoms with E-state index in [1.807, 2.05) is 13.0 Å². The van der Waals surface area contributed by atoms with Gasteiger partial charge >= 0.3 is 0 Å². The molecule has 0 saturated carbocycles. The van der Waals surface area contributed by atoms with Crippen molar-refractivity contribution < 1.29 is 0 Å². The first-order chi connectivity index (χ1) is 5.11. The highest BCUT2D eigenvalue weighted by molar-refractivity contribution is 5.80. The van der Waals surface area contributed by atoms with E-state index in [4.69, 9.17) is 5.41 Å². The molecule has 0 aromatic rings. The van der Waals surface area contributed by atoms with Crippen LogP contribution >= 0.6 is 0 Å². The van der Waals surface area contributed by atoms with Crippen LogP contribution in [0.2, 0.25) is 0 Å². The van der Waals surface area contributed by atoms with Gasteiger partial charge in [-0.05, 0) is 20.8 Å². The summed E-state index contributed by atoms with van der Waals surface area (Å²) in [4.78, 5) is 0. The molecule has 0 atom stereocenters. The lowest BCUT2D eigenvalue weighted by molar-refractivity contribution is 0.678. The molecular weight excluding hydrogens is 136 g/mol. The van der Waals surface area contributed by atoms with Crippen molar-refractivity contribution >= 4 is 6.21 Å². The van der Waals surface area contributed by atoms with Crippen molar-refractivity contribution in [2.45, 2.75) is 26.8 Å². The Kier molecular flexibility index (Phi) is 4.27. The second kappa shape index (κ2) is 4.72. The van der Waals surface area contributed by atoms with Gasteiger partial charge in [-0.1, -0.05) is 12.7 Å². The lowest BCUT2D eigenvalue weighted by Crippen LogP contribution is -2.23. The van der Waals surface area contributed by atoms with Crippen molar-refractivity contribution in [1.29, 1.82) is 5.41 Å². The Morgan fingerprint density at radius 1 is 1.55 bits per heavy atom. The molecule has 0 heterocycles. The highest BCUT2D eigenvalue weighted by Gasteiger charge is 1.98. The molecular formula is C9H16N2. The zero-order valence-corrected chi connectivity index (χ0v) is 7.44. The second-order valence-electron chi connectivity index (χ2n) is 2.67. The summed E-state index contributed by atoms with van der Waals surface area (Å²) in [6.07, 6.45) is 3.18. The van der Waals surface area contributed by atoms with Gasteiger partial charge in [0.2, 0.25) is 0 Å². The largest absolute Gasteiger partial charge is 0.383 e. The minimum atomic E-state index is 0.387. The molecule has 0 aromatic heterocycles. The Morgan fingerprint density at radius 2 is 2.09 bits per heavy atom. The van der Waals surface area contributed by atoms with Crippen molar-refractivity contribution in [2.24, 2.45) is 0 Å². The molecule has 0 aromatic carbocycles. The Morgan fingerprint density at radius 3 is 2.36 bits per heavy atom. The maximum absolute atomic E-state index is 6.98.